The number of fused-ring (bicyclic) bond motifs is 1. The van der Waals surface area contributed by atoms with Crippen LogP contribution in [0.2, 0.25) is 0 Å². The van der Waals surface area contributed by atoms with E-state index in [4.69, 9.17) is 0 Å². The van der Waals surface area contributed by atoms with E-state index in [2.05, 4.69) is 20.8 Å². The lowest BCUT2D eigenvalue weighted by molar-refractivity contribution is -0.138. The van der Waals surface area contributed by atoms with Gasteiger partial charge in [-0.05, 0) is 56.6 Å². The van der Waals surface area contributed by atoms with Crippen LogP contribution < -0.4 is 0 Å². The smallest absolute Gasteiger partial charge is 0.263 e. The van der Waals surface area contributed by atoms with Gasteiger partial charge in [0, 0.05) is 56.1 Å². The van der Waals surface area contributed by atoms with Gasteiger partial charge in [-0.25, -0.2) is 0 Å². The van der Waals surface area contributed by atoms with E-state index in [1.54, 1.807) is 11.3 Å². The van der Waals surface area contributed by atoms with Gasteiger partial charge >= 0.3 is 0 Å². The van der Waals surface area contributed by atoms with Crippen LogP contribution >= 0.6 is 11.3 Å². The Morgan fingerprint density at radius 1 is 0.806 bits per heavy atom. The monoisotopic (exact) mass is 443 g/mol. The van der Waals surface area contributed by atoms with Crippen molar-refractivity contribution in [3.8, 4) is 0 Å². The Labute approximate surface area is 190 Å². The van der Waals surface area contributed by atoms with Crippen LogP contribution in [0.25, 0.3) is 0 Å². The molecule has 0 radical (unpaired) electrons. The second-order valence-electron chi connectivity index (χ2n) is 10.0. The fourth-order valence-electron chi connectivity index (χ4n) is 6.10. The molecule has 0 N–H and O–H groups in total. The molecule has 2 amide bonds. The number of carbonyl (C=O) groups excluding carboxylic acids is 2. The molecule has 4 aliphatic rings. The summed E-state index contributed by atoms with van der Waals surface area (Å²) in [5.41, 5.74) is 1.26. The summed E-state index contributed by atoms with van der Waals surface area (Å²) in [6, 6.07) is 2.88. The Hall–Kier alpha value is -1.40. The van der Waals surface area contributed by atoms with Gasteiger partial charge in [0.15, 0.2) is 0 Å². The summed E-state index contributed by atoms with van der Waals surface area (Å²) in [5.74, 6) is 0.664. The Balaban J connectivity index is 1.18. The topological polar surface area (TPSA) is 43.9 Å². The fourth-order valence-corrected chi connectivity index (χ4v) is 7.28. The minimum Gasteiger partial charge on any atom is -0.340 e. The van der Waals surface area contributed by atoms with Gasteiger partial charge in [-0.15, -0.1) is 11.3 Å². The molecule has 1 aromatic rings. The molecular formula is C25H37N3O2S. The number of thiophene rings is 1. The fraction of sp³-hybridized carbons (Fsp3) is 0.760. The second-order valence-corrected chi connectivity index (χ2v) is 11.1. The molecule has 0 spiro atoms. The highest BCUT2D eigenvalue weighted by Crippen LogP contribution is 2.34. The number of carbonyl (C=O) groups is 2. The lowest BCUT2D eigenvalue weighted by Crippen LogP contribution is -2.53. The highest BCUT2D eigenvalue weighted by atomic mass is 32.1. The molecule has 1 unspecified atom stereocenters. The molecule has 0 bridgehead atoms. The first-order valence-corrected chi connectivity index (χ1v) is 13.4. The normalized spacial score (nSPS) is 26.0. The number of hydrogen-bond acceptors (Lipinski definition) is 4. The third-order valence-corrected chi connectivity index (χ3v) is 9.23. The SMILES string of the molecule is O=C(c1cc2c(s1)CCC(C(=O)N1CCN(C3CCCC3)CC1)C2)N1CCCCCC1. The molecule has 31 heavy (non-hydrogen) atoms. The number of hydrogen-bond donors (Lipinski definition) is 0. The predicted octanol–water partition coefficient (Wildman–Crippen LogP) is 3.96. The maximum atomic E-state index is 13.3. The van der Waals surface area contributed by atoms with Crippen LogP contribution in [0.4, 0.5) is 0 Å². The molecule has 0 aromatic carbocycles. The molecule has 2 aliphatic heterocycles. The highest BCUT2D eigenvalue weighted by molar-refractivity contribution is 7.14. The third kappa shape index (κ3) is 4.70. The number of nitrogens with zero attached hydrogens (tertiary/aromatic N) is 3. The summed E-state index contributed by atoms with van der Waals surface area (Å²) in [7, 11) is 0. The number of rotatable bonds is 3. The van der Waals surface area contributed by atoms with Gasteiger partial charge in [0.2, 0.25) is 5.91 Å². The van der Waals surface area contributed by atoms with Gasteiger partial charge < -0.3 is 9.80 Å². The lowest BCUT2D eigenvalue weighted by atomic mass is 9.87. The van der Waals surface area contributed by atoms with Crippen LogP contribution in [0.15, 0.2) is 6.07 Å². The molecule has 1 atom stereocenters. The van der Waals surface area contributed by atoms with Crippen molar-refractivity contribution in [1.29, 1.82) is 0 Å². The highest BCUT2D eigenvalue weighted by Gasteiger charge is 2.33. The van der Waals surface area contributed by atoms with Crippen molar-refractivity contribution in [2.24, 2.45) is 5.92 Å². The van der Waals surface area contributed by atoms with Gasteiger partial charge in [-0.3, -0.25) is 14.5 Å². The van der Waals surface area contributed by atoms with Gasteiger partial charge in [0.25, 0.3) is 5.91 Å². The van der Waals surface area contributed by atoms with E-state index >= 15 is 0 Å². The molecule has 2 saturated heterocycles. The minimum absolute atomic E-state index is 0.0984. The maximum absolute atomic E-state index is 13.3. The van der Waals surface area contributed by atoms with Crippen molar-refractivity contribution in [2.75, 3.05) is 39.3 Å². The molecule has 5 rings (SSSR count). The molecule has 6 heteroatoms. The Morgan fingerprint density at radius 3 is 2.23 bits per heavy atom. The Bertz CT molecular complexity index is 785. The number of piperazine rings is 1. The summed E-state index contributed by atoms with van der Waals surface area (Å²) in [6.07, 6.45) is 12.9. The van der Waals surface area contributed by atoms with Crippen LogP contribution in [0.3, 0.4) is 0 Å². The van der Waals surface area contributed by atoms with Crippen LogP contribution in [0.5, 0.6) is 0 Å². The summed E-state index contributed by atoms with van der Waals surface area (Å²) in [6.45, 7) is 5.66. The first-order valence-electron chi connectivity index (χ1n) is 12.6. The van der Waals surface area contributed by atoms with Gasteiger partial charge in [0.05, 0.1) is 4.88 Å². The van der Waals surface area contributed by atoms with E-state index in [-0.39, 0.29) is 11.8 Å². The first-order chi connectivity index (χ1) is 15.2. The Morgan fingerprint density at radius 2 is 1.52 bits per heavy atom. The maximum Gasteiger partial charge on any atom is 0.263 e. The zero-order valence-corrected chi connectivity index (χ0v) is 19.6. The van der Waals surface area contributed by atoms with E-state index in [0.29, 0.717) is 5.91 Å². The van der Waals surface area contributed by atoms with Crippen LogP contribution in [-0.2, 0) is 17.6 Å². The molecule has 5 nitrogen and oxygen atoms in total. The Kier molecular flexibility index (Phi) is 6.65. The lowest BCUT2D eigenvalue weighted by Gasteiger charge is -2.39. The van der Waals surface area contributed by atoms with Crippen LogP contribution in [0.1, 0.15) is 77.9 Å². The van der Waals surface area contributed by atoms with E-state index in [1.807, 2.05) is 0 Å². The zero-order valence-electron chi connectivity index (χ0n) is 18.8. The van der Waals surface area contributed by atoms with Crippen molar-refractivity contribution in [1.82, 2.24) is 14.7 Å². The standard InChI is InChI=1S/C25H37N3O2S/c29-24(28-15-13-26(14-16-28)21-7-3-4-8-21)19-9-10-22-20(17-19)18-23(31-22)25(30)27-11-5-1-2-6-12-27/h18-19,21H,1-17H2. The van der Waals surface area contributed by atoms with Crippen molar-refractivity contribution >= 4 is 23.2 Å². The second kappa shape index (κ2) is 9.62. The third-order valence-electron chi connectivity index (χ3n) is 8.00. The molecule has 170 valence electrons. The summed E-state index contributed by atoms with van der Waals surface area (Å²) in [5, 5.41) is 0. The summed E-state index contributed by atoms with van der Waals surface area (Å²) < 4.78 is 0. The van der Waals surface area contributed by atoms with Gasteiger partial charge in [0.1, 0.15) is 0 Å². The molecule has 1 aromatic heterocycles. The molecule has 2 aliphatic carbocycles. The zero-order chi connectivity index (χ0) is 21.2. The minimum atomic E-state index is 0.0984. The average Bonchev–Trinajstić information content (AvgIpc) is 3.41. The van der Waals surface area contributed by atoms with Crippen molar-refractivity contribution in [2.45, 2.75) is 76.7 Å². The average molecular weight is 444 g/mol. The van der Waals surface area contributed by atoms with E-state index in [0.717, 1.165) is 82.3 Å². The molecular weight excluding hydrogens is 406 g/mol. The number of amides is 2. The largest absolute Gasteiger partial charge is 0.340 e. The van der Waals surface area contributed by atoms with Gasteiger partial charge in [-0.1, -0.05) is 25.7 Å². The molecule has 3 heterocycles. The van der Waals surface area contributed by atoms with Crippen LogP contribution in [0, 0.1) is 5.92 Å². The summed E-state index contributed by atoms with van der Waals surface area (Å²) in [4.78, 5) is 35.3. The van der Waals surface area contributed by atoms with Gasteiger partial charge in [-0.2, -0.15) is 0 Å². The van der Waals surface area contributed by atoms with E-state index < -0.39 is 0 Å². The quantitative estimate of drug-likeness (QED) is 0.710. The van der Waals surface area contributed by atoms with E-state index in [9.17, 15) is 9.59 Å². The predicted molar refractivity (Wildman–Crippen MR) is 125 cm³/mol. The number of likely N-dealkylation sites (tertiary alicyclic amines) is 1. The van der Waals surface area contributed by atoms with E-state index in [1.165, 1.54) is 49.0 Å². The van der Waals surface area contributed by atoms with Crippen molar-refractivity contribution in [3.05, 3.63) is 21.4 Å². The summed E-state index contributed by atoms with van der Waals surface area (Å²) >= 11 is 1.68. The van der Waals surface area contributed by atoms with Crippen molar-refractivity contribution in [3.63, 3.8) is 0 Å². The number of aryl methyl sites for hydroxylation is 1. The van der Waals surface area contributed by atoms with Crippen LogP contribution in [-0.4, -0.2) is 71.8 Å². The molecule has 3 fully saturated rings. The molecule has 1 saturated carbocycles. The van der Waals surface area contributed by atoms with Crippen molar-refractivity contribution < 1.29 is 9.59 Å². The first kappa shape index (κ1) is 21.4.